The third kappa shape index (κ3) is 4.12. The number of nitrogens with one attached hydrogen (secondary N) is 1. The molecule has 1 saturated heterocycles. The van der Waals surface area contributed by atoms with Crippen LogP contribution in [0, 0.1) is 0 Å². The zero-order valence-corrected chi connectivity index (χ0v) is 15.5. The highest BCUT2D eigenvalue weighted by Gasteiger charge is 2.22. The Kier molecular flexibility index (Phi) is 5.70. The maximum Gasteiger partial charge on any atom is 0.338 e. The van der Waals surface area contributed by atoms with Crippen LogP contribution in [0.5, 0.6) is 5.75 Å². The van der Waals surface area contributed by atoms with Gasteiger partial charge in [-0.1, -0.05) is 60.4 Å². The van der Waals surface area contributed by atoms with Gasteiger partial charge in [0, 0.05) is 11.1 Å². The van der Waals surface area contributed by atoms with Gasteiger partial charge in [-0.15, -0.1) is 0 Å². The molecule has 0 aromatic heterocycles. The largest absolute Gasteiger partial charge is 0.488 e. The van der Waals surface area contributed by atoms with Crippen molar-refractivity contribution in [1.82, 2.24) is 5.32 Å². The Morgan fingerprint density at radius 3 is 2.65 bits per heavy atom. The molecule has 2 aromatic rings. The van der Waals surface area contributed by atoms with E-state index in [-0.39, 0.29) is 12.5 Å². The molecule has 26 heavy (non-hydrogen) atoms. The first-order valence-electron chi connectivity index (χ1n) is 7.71. The molecule has 2 aromatic carbocycles. The minimum atomic E-state index is -0.410. The maximum absolute atomic E-state index is 11.9. The van der Waals surface area contributed by atoms with E-state index in [1.165, 1.54) is 18.9 Å². The van der Waals surface area contributed by atoms with Gasteiger partial charge in [-0.2, -0.15) is 0 Å². The van der Waals surface area contributed by atoms with Crippen LogP contribution >= 0.6 is 24.0 Å². The van der Waals surface area contributed by atoms with E-state index in [1.807, 2.05) is 36.4 Å². The number of esters is 1. The zero-order chi connectivity index (χ0) is 18.5. The van der Waals surface area contributed by atoms with E-state index in [9.17, 15) is 9.59 Å². The Morgan fingerprint density at radius 1 is 1.19 bits per heavy atom. The summed E-state index contributed by atoms with van der Waals surface area (Å²) in [7, 11) is 1.34. The predicted octanol–water partition coefficient (Wildman–Crippen LogP) is 3.54. The quantitative estimate of drug-likeness (QED) is 0.483. The fourth-order valence-corrected chi connectivity index (χ4v) is 3.44. The molecule has 132 valence electrons. The van der Waals surface area contributed by atoms with Gasteiger partial charge in [-0.25, -0.2) is 4.79 Å². The molecule has 0 atom stereocenters. The minimum Gasteiger partial charge on any atom is -0.488 e. The van der Waals surface area contributed by atoms with Crippen molar-refractivity contribution in [2.45, 2.75) is 6.61 Å². The van der Waals surface area contributed by atoms with Crippen molar-refractivity contribution in [3.63, 3.8) is 0 Å². The number of ether oxygens (including phenoxy) is 2. The van der Waals surface area contributed by atoms with Crippen molar-refractivity contribution in [2.75, 3.05) is 7.11 Å². The third-order valence-corrected chi connectivity index (χ3v) is 4.82. The second kappa shape index (κ2) is 8.16. The van der Waals surface area contributed by atoms with Crippen molar-refractivity contribution in [1.29, 1.82) is 0 Å². The Balaban J connectivity index is 1.82. The summed E-state index contributed by atoms with van der Waals surface area (Å²) in [4.78, 5) is 24.2. The van der Waals surface area contributed by atoms with Crippen LogP contribution in [0.1, 0.15) is 21.5 Å². The SMILES string of the molecule is COC(=O)c1ccccc1COc1ccccc1C=C1SC(=S)NC1=O. The first-order valence-corrected chi connectivity index (χ1v) is 8.94. The van der Waals surface area contributed by atoms with Crippen LogP contribution in [0.2, 0.25) is 0 Å². The Hall–Kier alpha value is -2.64. The second-order valence-electron chi connectivity index (χ2n) is 5.33. The summed E-state index contributed by atoms with van der Waals surface area (Å²) < 4.78 is 11.1. The lowest BCUT2D eigenvalue weighted by atomic mass is 10.1. The smallest absolute Gasteiger partial charge is 0.338 e. The van der Waals surface area contributed by atoms with E-state index in [0.29, 0.717) is 20.5 Å². The van der Waals surface area contributed by atoms with E-state index < -0.39 is 5.97 Å². The topological polar surface area (TPSA) is 64.6 Å². The molecular weight excluding hydrogens is 370 g/mol. The standard InChI is InChI=1S/C19H15NO4S2/c1-23-18(22)14-8-4-2-7-13(14)11-24-15-9-5-3-6-12(15)10-16-17(21)20-19(25)26-16/h2-10H,11H2,1H3,(H,20,21,25). The van der Waals surface area contributed by atoms with Crippen molar-refractivity contribution in [3.05, 3.63) is 70.1 Å². The predicted molar refractivity (Wildman–Crippen MR) is 105 cm³/mol. The van der Waals surface area contributed by atoms with Gasteiger partial charge in [-0.3, -0.25) is 4.79 Å². The number of hydrogen-bond donors (Lipinski definition) is 1. The van der Waals surface area contributed by atoms with E-state index in [2.05, 4.69) is 5.32 Å². The molecule has 0 spiro atoms. The lowest BCUT2D eigenvalue weighted by molar-refractivity contribution is -0.115. The van der Waals surface area contributed by atoms with Crippen LogP contribution in [0.4, 0.5) is 0 Å². The monoisotopic (exact) mass is 385 g/mol. The van der Waals surface area contributed by atoms with Crippen LogP contribution in [0.15, 0.2) is 53.4 Å². The van der Waals surface area contributed by atoms with Crippen molar-refractivity contribution >= 4 is 46.3 Å². The summed E-state index contributed by atoms with van der Waals surface area (Å²) in [6.07, 6.45) is 1.74. The maximum atomic E-state index is 11.9. The molecule has 0 radical (unpaired) electrons. The van der Waals surface area contributed by atoms with Crippen molar-refractivity contribution in [3.8, 4) is 5.75 Å². The molecular formula is C19H15NO4S2. The molecule has 1 aliphatic rings. The van der Waals surface area contributed by atoms with Crippen LogP contribution < -0.4 is 10.1 Å². The number of hydrogen-bond acceptors (Lipinski definition) is 6. The van der Waals surface area contributed by atoms with Gasteiger partial charge in [0.2, 0.25) is 0 Å². The molecule has 3 rings (SSSR count). The molecule has 0 unspecified atom stereocenters. The number of methoxy groups -OCH3 is 1. The number of para-hydroxylation sites is 1. The van der Waals surface area contributed by atoms with Crippen molar-refractivity contribution in [2.24, 2.45) is 0 Å². The lowest BCUT2D eigenvalue weighted by Crippen LogP contribution is -2.17. The molecule has 1 amide bonds. The summed E-state index contributed by atoms with van der Waals surface area (Å²) in [5.74, 6) is -0.0242. The molecule has 0 aliphatic carbocycles. The van der Waals surface area contributed by atoms with E-state index in [4.69, 9.17) is 21.7 Å². The summed E-state index contributed by atoms with van der Waals surface area (Å²) in [6, 6.07) is 14.5. The Morgan fingerprint density at radius 2 is 1.92 bits per heavy atom. The van der Waals surface area contributed by atoms with Gasteiger partial charge in [0.25, 0.3) is 5.91 Å². The van der Waals surface area contributed by atoms with Gasteiger partial charge < -0.3 is 14.8 Å². The Bertz CT molecular complexity index is 908. The molecule has 1 N–H and O–H groups in total. The lowest BCUT2D eigenvalue weighted by Gasteiger charge is -2.12. The molecule has 1 heterocycles. The summed E-state index contributed by atoms with van der Waals surface area (Å²) in [5.41, 5.74) is 1.93. The molecule has 0 saturated carbocycles. The normalized spacial score (nSPS) is 15.0. The summed E-state index contributed by atoms with van der Waals surface area (Å²) >= 11 is 6.22. The van der Waals surface area contributed by atoms with Crippen LogP contribution in [-0.4, -0.2) is 23.3 Å². The fourth-order valence-electron chi connectivity index (χ4n) is 2.40. The number of benzene rings is 2. The van der Waals surface area contributed by atoms with E-state index in [0.717, 1.165) is 11.1 Å². The van der Waals surface area contributed by atoms with Crippen molar-refractivity contribution < 1.29 is 19.1 Å². The fraction of sp³-hybridized carbons (Fsp3) is 0.105. The highest BCUT2D eigenvalue weighted by molar-refractivity contribution is 8.26. The highest BCUT2D eigenvalue weighted by Crippen LogP contribution is 2.29. The Labute approximate surface area is 160 Å². The first-order chi connectivity index (χ1) is 12.6. The van der Waals surface area contributed by atoms with E-state index in [1.54, 1.807) is 18.2 Å². The molecule has 1 aliphatic heterocycles. The van der Waals surface area contributed by atoms with Gasteiger partial charge >= 0.3 is 5.97 Å². The molecule has 1 fully saturated rings. The van der Waals surface area contributed by atoms with Gasteiger partial charge in [0.1, 0.15) is 16.7 Å². The average molecular weight is 385 g/mol. The van der Waals surface area contributed by atoms with Crippen LogP contribution in [-0.2, 0) is 16.1 Å². The summed E-state index contributed by atoms with van der Waals surface area (Å²) in [5, 5.41) is 2.59. The zero-order valence-electron chi connectivity index (χ0n) is 13.9. The molecule has 0 bridgehead atoms. The number of amides is 1. The molecule has 5 nitrogen and oxygen atoms in total. The third-order valence-electron chi connectivity index (χ3n) is 3.65. The minimum absolute atomic E-state index is 0.198. The summed E-state index contributed by atoms with van der Waals surface area (Å²) in [6.45, 7) is 0.198. The average Bonchev–Trinajstić information content (AvgIpc) is 2.97. The number of thioether (sulfide) groups is 1. The number of thiocarbonyl (C=S) groups is 1. The highest BCUT2D eigenvalue weighted by atomic mass is 32.2. The van der Waals surface area contributed by atoms with Gasteiger partial charge in [0.05, 0.1) is 17.6 Å². The van der Waals surface area contributed by atoms with Crippen LogP contribution in [0.3, 0.4) is 0 Å². The number of rotatable bonds is 5. The van der Waals surface area contributed by atoms with Gasteiger partial charge in [0.15, 0.2) is 0 Å². The van der Waals surface area contributed by atoms with E-state index >= 15 is 0 Å². The number of carbonyl (C=O) groups is 2. The van der Waals surface area contributed by atoms with Gasteiger partial charge in [-0.05, 0) is 18.2 Å². The van der Waals surface area contributed by atoms with Crippen LogP contribution in [0.25, 0.3) is 6.08 Å². The number of carbonyl (C=O) groups excluding carboxylic acids is 2. The molecule has 7 heteroatoms. The first kappa shape index (κ1) is 18.2. The second-order valence-corrected chi connectivity index (χ2v) is 7.05.